The molecule has 0 saturated carbocycles. The molecular weight excluding hydrogens is 216 g/mol. The zero-order valence-electron chi connectivity index (χ0n) is 10.9. The van der Waals surface area contributed by atoms with Crippen molar-refractivity contribution in [2.75, 3.05) is 18.4 Å². The van der Waals surface area contributed by atoms with E-state index in [0.29, 0.717) is 18.3 Å². The van der Waals surface area contributed by atoms with Crippen molar-refractivity contribution in [3.8, 4) is 0 Å². The number of carbonyl (C=O) groups excluding carboxylic acids is 1. The summed E-state index contributed by atoms with van der Waals surface area (Å²) in [6, 6.07) is 0. The lowest BCUT2D eigenvalue weighted by Gasteiger charge is -2.10. The van der Waals surface area contributed by atoms with Crippen LogP contribution < -0.4 is 10.6 Å². The summed E-state index contributed by atoms with van der Waals surface area (Å²) in [6.45, 7) is 8.77. The summed E-state index contributed by atoms with van der Waals surface area (Å²) in [5.74, 6) is 1.10. The lowest BCUT2D eigenvalue weighted by Crippen LogP contribution is -2.32. The highest BCUT2D eigenvalue weighted by Crippen LogP contribution is 2.07. The molecule has 0 radical (unpaired) electrons. The summed E-state index contributed by atoms with van der Waals surface area (Å²) in [5.41, 5.74) is 1.63. The second-order valence-corrected chi connectivity index (χ2v) is 4.50. The monoisotopic (exact) mass is 236 g/mol. The van der Waals surface area contributed by atoms with Gasteiger partial charge in [-0.15, -0.1) is 0 Å². The van der Waals surface area contributed by atoms with Crippen molar-refractivity contribution in [2.24, 2.45) is 5.92 Å². The van der Waals surface area contributed by atoms with Gasteiger partial charge >= 0.3 is 0 Å². The molecule has 0 bridgehead atoms. The largest absolute Gasteiger partial charge is 0.359 e. The Morgan fingerprint density at radius 3 is 2.76 bits per heavy atom. The van der Waals surface area contributed by atoms with Crippen LogP contribution in [0.2, 0.25) is 0 Å². The van der Waals surface area contributed by atoms with Crippen LogP contribution >= 0.6 is 0 Å². The van der Waals surface area contributed by atoms with Crippen LogP contribution in [0.25, 0.3) is 0 Å². The van der Waals surface area contributed by atoms with E-state index in [2.05, 4.69) is 34.4 Å². The zero-order valence-corrected chi connectivity index (χ0v) is 10.9. The highest BCUT2D eigenvalue weighted by molar-refractivity contribution is 5.80. The number of aryl methyl sites for hydroxylation is 2. The predicted molar refractivity (Wildman–Crippen MR) is 67.8 cm³/mol. The van der Waals surface area contributed by atoms with Crippen LogP contribution in [0.1, 0.15) is 25.2 Å². The number of anilines is 1. The van der Waals surface area contributed by atoms with Crippen molar-refractivity contribution < 1.29 is 4.79 Å². The van der Waals surface area contributed by atoms with E-state index in [1.54, 1.807) is 6.20 Å². The number of aromatic nitrogens is 2. The van der Waals surface area contributed by atoms with E-state index in [-0.39, 0.29) is 12.5 Å². The molecule has 17 heavy (non-hydrogen) atoms. The fourth-order valence-corrected chi connectivity index (χ4v) is 1.25. The Kier molecular flexibility index (Phi) is 4.87. The van der Waals surface area contributed by atoms with Crippen LogP contribution in [0.3, 0.4) is 0 Å². The fraction of sp³-hybridized carbons (Fsp3) is 0.583. The van der Waals surface area contributed by atoms with Crippen LogP contribution in [-0.2, 0) is 4.79 Å². The Hall–Kier alpha value is -1.65. The number of hydrogen-bond donors (Lipinski definition) is 2. The molecule has 0 aliphatic heterocycles. The van der Waals surface area contributed by atoms with Crippen molar-refractivity contribution in [1.82, 2.24) is 15.3 Å². The molecule has 0 atom stereocenters. The zero-order chi connectivity index (χ0) is 12.8. The van der Waals surface area contributed by atoms with Gasteiger partial charge in [0.05, 0.1) is 17.9 Å². The first-order chi connectivity index (χ1) is 7.99. The smallest absolute Gasteiger partial charge is 0.239 e. The minimum absolute atomic E-state index is 0.0265. The molecule has 0 aromatic carbocycles. The van der Waals surface area contributed by atoms with Crippen LogP contribution in [0.4, 0.5) is 5.82 Å². The maximum Gasteiger partial charge on any atom is 0.239 e. The maximum absolute atomic E-state index is 11.5. The van der Waals surface area contributed by atoms with Crippen molar-refractivity contribution in [1.29, 1.82) is 0 Å². The summed E-state index contributed by atoms with van der Waals surface area (Å²) < 4.78 is 0. The van der Waals surface area contributed by atoms with Gasteiger partial charge in [-0.05, 0) is 19.8 Å². The molecule has 0 unspecified atom stereocenters. The number of carbonyl (C=O) groups is 1. The van der Waals surface area contributed by atoms with Gasteiger partial charge in [0.15, 0.2) is 0 Å². The average Bonchev–Trinajstić information content (AvgIpc) is 2.27. The molecule has 1 heterocycles. The second kappa shape index (κ2) is 6.18. The first-order valence-corrected chi connectivity index (χ1v) is 5.80. The Balaban J connectivity index is 2.44. The van der Waals surface area contributed by atoms with Crippen molar-refractivity contribution in [2.45, 2.75) is 27.7 Å². The van der Waals surface area contributed by atoms with Gasteiger partial charge in [-0.2, -0.15) is 0 Å². The van der Waals surface area contributed by atoms with E-state index in [9.17, 15) is 4.79 Å². The molecule has 0 aliphatic carbocycles. The minimum Gasteiger partial charge on any atom is -0.359 e. The molecule has 5 nitrogen and oxygen atoms in total. The predicted octanol–water partition coefficient (Wildman–Crippen LogP) is 1.28. The standard InChI is InChI=1S/C12H20N4O/c1-8(2)5-14-11(17)7-15-12-10(4)13-6-9(3)16-12/h6,8H,5,7H2,1-4H3,(H,14,17)(H,15,16). The van der Waals surface area contributed by atoms with Crippen LogP contribution in [0, 0.1) is 19.8 Å². The van der Waals surface area contributed by atoms with Gasteiger partial charge in [0.25, 0.3) is 0 Å². The Labute approximate surface area is 102 Å². The quantitative estimate of drug-likeness (QED) is 0.808. The van der Waals surface area contributed by atoms with E-state index >= 15 is 0 Å². The number of nitrogens with one attached hydrogen (secondary N) is 2. The number of nitrogens with zero attached hydrogens (tertiary/aromatic N) is 2. The molecule has 1 amide bonds. The van der Waals surface area contributed by atoms with Gasteiger partial charge < -0.3 is 10.6 Å². The van der Waals surface area contributed by atoms with Crippen LogP contribution in [-0.4, -0.2) is 29.0 Å². The highest BCUT2D eigenvalue weighted by Gasteiger charge is 2.05. The molecule has 94 valence electrons. The van der Waals surface area contributed by atoms with Crippen molar-refractivity contribution >= 4 is 11.7 Å². The average molecular weight is 236 g/mol. The fourth-order valence-electron chi connectivity index (χ4n) is 1.25. The third-order valence-electron chi connectivity index (χ3n) is 2.20. The molecule has 0 aliphatic rings. The maximum atomic E-state index is 11.5. The number of hydrogen-bond acceptors (Lipinski definition) is 4. The summed E-state index contributed by atoms with van der Waals surface area (Å²) in [5, 5.41) is 5.83. The normalized spacial score (nSPS) is 10.4. The summed E-state index contributed by atoms with van der Waals surface area (Å²) >= 11 is 0. The van der Waals surface area contributed by atoms with E-state index in [1.807, 2.05) is 13.8 Å². The molecule has 0 fully saturated rings. The Morgan fingerprint density at radius 2 is 2.12 bits per heavy atom. The molecule has 1 aromatic heterocycles. The molecule has 1 aromatic rings. The van der Waals surface area contributed by atoms with Gasteiger partial charge in [-0.3, -0.25) is 9.78 Å². The molecule has 1 rings (SSSR count). The minimum atomic E-state index is -0.0265. The lowest BCUT2D eigenvalue weighted by atomic mass is 10.2. The summed E-state index contributed by atoms with van der Waals surface area (Å²) in [4.78, 5) is 20.0. The lowest BCUT2D eigenvalue weighted by molar-refractivity contribution is -0.119. The summed E-state index contributed by atoms with van der Waals surface area (Å²) in [7, 11) is 0. The molecule has 0 saturated heterocycles. The molecule has 2 N–H and O–H groups in total. The van der Waals surface area contributed by atoms with E-state index < -0.39 is 0 Å². The van der Waals surface area contributed by atoms with Gasteiger partial charge in [-0.1, -0.05) is 13.8 Å². The molecule has 0 spiro atoms. The SMILES string of the molecule is Cc1cnc(C)c(NCC(=O)NCC(C)C)n1. The topological polar surface area (TPSA) is 66.9 Å². The molecule has 5 heteroatoms. The van der Waals surface area contributed by atoms with Crippen LogP contribution in [0.15, 0.2) is 6.20 Å². The van der Waals surface area contributed by atoms with Gasteiger partial charge in [-0.25, -0.2) is 4.98 Å². The summed E-state index contributed by atoms with van der Waals surface area (Å²) in [6.07, 6.45) is 1.71. The Morgan fingerprint density at radius 1 is 1.41 bits per heavy atom. The van der Waals surface area contributed by atoms with Gasteiger partial charge in [0, 0.05) is 12.7 Å². The van der Waals surface area contributed by atoms with Crippen molar-refractivity contribution in [3.05, 3.63) is 17.6 Å². The second-order valence-electron chi connectivity index (χ2n) is 4.50. The third kappa shape index (κ3) is 4.80. The van der Waals surface area contributed by atoms with E-state index in [0.717, 1.165) is 11.4 Å². The first-order valence-electron chi connectivity index (χ1n) is 5.80. The van der Waals surface area contributed by atoms with Crippen molar-refractivity contribution in [3.63, 3.8) is 0 Å². The van der Waals surface area contributed by atoms with Gasteiger partial charge in [0.1, 0.15) is 5.82 Å². The third-order valence-corrected chi connectivity index (χ3v) is 2.20. The van der Waals surface area contributed by atoms with E-state index in [1.165, 1.54) is 0 Å². The Bertz CT molecular complexity index is 390. The highest BCUT2D eigenvalue weighted by atomic mass is 16.1. The first kappa shape index (κ1) is 13.4. The number of amides is 1. The van der Waals surface area contributed by atoms with E-state index in [4.69, 9.17) is 0 Å². The van der Waals surface area contributed by atoms with Crippen LogP contribution in [0.5, 0.6) is 0 Å². The van der Waals surface area contributed by atoms with Gasteiger partial charge in [0.2, 0.25) is 5.91 Å². The number of rotatable bonds is 5. The molecular formula is C12H20N4O.